The van der Waals surface area contributed by atoms with Gasteiger partial charge in [-0.3, -0.25) is 9.59 Å². The van der Waals surface area contributed by atoms with Gasteiger partial charge in [-0.05, 0) is 12.1 Å². The molecule has 2 N–H and O–H groups in total. The Balaban J connectivity index is 1.78. The highest BCUT2D eigenvalue weighted by Crippen LogP contribution is 2.14. The van der Waals surface area contributed by atoms with Crippen molar-refractivity contribution >= 4 is 11.9 Å². The molecule has 0 aliphatic carbocycles. The van der Waals surface area contributed by atoms with Crippen LogP contribution >= 0.6 is 0 Å². The summed E-state index contributed by atoms with van der Waals surface area (Å²) >= 11 is 0. The summed E-state index contributed by atoms with van der Waals surface area (Å²) in [5, 5.41) is 11.6. The number of hydrogen-bond acceptors (Lipinski definition) is 4. The van der Waals surface area contributed by atoms with Crippen molar-refractivity contribution < 1.29 is 23.8 Å². The van der Waals surface area contributed by atoms with Gasteiger partial charge >= 0.3 is 5.97 Å². The Morgan fingerprint density at radius 2 is 2.28 bits per heavy atom. The number of aryl methyl sites for hydroxylation is 1. The first kappa shape index (κ1) is 12.6. The Morgan fingerprint density at radius 3 is 2.94 bits per heavy atom. The van der Waals surface area contributed by atoms with Gasteiger partial charge in [-0.2, -0.15) is 0 Å². The summed E-state index contributed by atoms with van der Waals surface area (Å²) in [5.41, 5.74) is 0. The molecule has 6 nitrogen and oxygen atoms in total. The average Bonchev–Trinajstić information content (AvgIpc) is 2.96. The molecule has 2 rings (SSSR count). The van der Waals surface area contributed by atoms with Crippen LogP contribution in [0, 0.1) is 5.92 Å². The first-order valence-corrected chi connectivity index (χ1v) is 5.79. The van der Waals surface area contributed by atoms with E-state index in [4.69, 9.17) is 14.3 Å². The van der Waals surface area contributed by atoms with Crippen LogP contribution in [0.15, 0.2) is 22.8 Å². The van der Waals surface area contributed by atoms with E-state index in [2.05, 4.69) is 5.32 Å². The highest BCUT2D eigenvalue weighted by molar-refractivity contribution is 5.78. The van der Waals surface area contributed by atoms with Gasteiger partial charge in [-0.25, -0.2) is 0 Å². The van der Waals surface area contributed by atoms with E-state index >= 15 is 0 Å². The molecule has 1 aromatic heterocycles. The average molecular weight is 253 g/mol. The molecule has 0 spiro atoms. The lowest BCUT2D eigenvalue weighted by Gasteiger charge is -2.15. The highest BCUT2D eigenvalue weighted by Gasteiger charge is 2.34. The molecule has 1 amide bonds. The zero-order valence-corrected chi connectivity index (χ0v) is 9.80. The molecule has 1 aromatic rings. The Hall–Kier alpha value is -1.82. The van der Waals surface area contributed by atoms with Crippen LogP contribution in [0.4, 0.5) is 0 Å². The molecule has 6 heteroatoms. The minimum absolute atomic E-state index is 0.151. The molecular weight excluding hydrogens is 238 g/mol. The van der Waals surface area contributed by atoms with E-state index in [0.29, 0.717) is 6.42 Å². The van der Waals surface area contributed by atoms with Gasteiger partial charge in [0.05, 0.1) is 25.5 Å². The molecular formula is C12H15NO5. The van der Waals surface area contributed by atoms with E-state index in [1.165, 1.54) is 0 Å². The van der Waals surface area contributed by atoms with E-state index in [1.54, 1.807) is 18.4 Å². The van der Waals surface area contributed by atoms with E-state index in [-0.39, 0.29) is 25.5 Å². The molecule has 2 unspecified atom stereocenters. The quantitative estimate of drug-likeness (QED) is 0.794. The lowest BCUT2D eigenvalue weighted by Crippen LogP contribution is -2.42. The molecule has 1 aliphatic heterocycles. The van der Waals surface area contributed by atoms with Crippen molar-refractivity contribution in [2.75, 3.05) is 13.2 Å². The van der Waals surface area contributed by atoms with E-state index in [9.17, 15) is 9.59 Å². The molecule has 0 aromatic carbocycles. The second kappa shape index (κ2) is 5.68. The van der Waals surface area contributed by atoms with E-state index in [1.807, 2.05) is 0 Å². The van der Waals surface area contributed by atoms with Crippen LogP contribution in [0.25, 0.3) is 0 Å². The van der Waals surface area contributed by atoms with Crippen LogP contribution in [0.2, 0.25) is 0 Å². The number of hydrogen-bond donors (Lipinski definition) is 2. The normalized spacial score (nSPS) is 22.9. The third kappa shape index (κ3) is 3.10. The summed E-state index contributed by atoms with van der Waals surface area (Å²) in [7, 11) is 0. The summed E-state index contributed by atoms with van der Waals surface area (Å²) < 4.78 is 10.2. The largest absolute Gasteiger partial charge is 0.481 e. The number of nitrogens with one attached hydrogen (secondary N) is 1. The van der Waals surface area contributed by atoms with Gasteiger partial charge in [0.15, 0.2) is 0 Å². The number of ether oxygens (including phenoxy) is 1. The molecule has 98 valence electrons. The Labute approximate surface area is 104 Å². The van der Waals surface area contributed by atoms with E-state index < -0.39 is 17.9 Å². The monoisotopic (exact) mass is 253 g/mol. The maximum Gasteiger partial charge on any atom is 0.311 e. The molecule has 0 radical (unpaired) electrons. The Morgan fingerprint density at radius 1 is 1.44 bits per heavy atom. The standard InChI is InChI=1S/C12H15NO5/c14-11(4-3-8-2-1-5-18-8)13-10-7-17-6-9(10)12(15)16/h1-2,5,9-10H,3-4,6-7H2,(H,13,14)(H,15,16). The van der Waals surface area contributed by atoms with Crippen LogP contribution in [-0.4, -0.2) is 36.2 Å². The first-order chi connectivity index (χ1) is 8.66. The zero-order valence-electron chi connectivity index (χ0n) is 9.80. The molecule has 2 heterocycles. The fourth-order valence-electron chi connectivity index (χ4n) is 1.91. The maximum atomic E-state index is 11.7. The molecule has 1 saturated heterocycles. The van der Waals surface area contributed by atoms with Gasteiger partial charge in [-0.15, -0.1) is 0 Å². The third-order valence-corrected chi connectivity index (χ3v) is 2.92. The summed E-state index contributed by atoms with van der Waals surface area (Å²) in [6.07, 6.45) is 2.33. The summed E-state index contributed by atoms with van der Waals surface area (Å²) in [5.74, 6) is -1.04. The van der Waals surface area contributed by atoms with Crippen molar-refractivity contribution in [3.63, 3.8) is 0 Å². The topological polar surface area (TPSA) is 88.8 Å². The number of carbonyl (C=O) groups is 2. The Kier molecular flexibility index (Phi) is 3.99. The Bertz CT molecular complexity index is 414. The van der Waals surface area contributed by atoms with Gasteiger partial charge < -0.3 is 19.6 Å². The smallest absolute Gasteiger partial charge is 0.311 e. The molecule has 18 heavy (non-hydrogen) atoms. The van der Waals surface area contributed by atoms with Gasteiger partial charge in [0, 0.05) is 12.8 Å². The fraction of sp³-hybridized carbons (Fsp3) is 0.500. The molecule has 1 aliphatic rings. The summed E-state index contributed by atoms with van der Waals surface area (Å²) in [6, 6.07) is 3.12. The predicted octanol–water partition coefficient (Wildman–Crippen LogP) is 0.428. The van der Waals surface area contributed by atoms with Crippen molar-refractivity contribution in [2.24, 2.45) is 5.92 Å². The van der Waals surface area contributed by atoms with Crippen molar-refractivity contribution in [2.45, 2.75) is 18.9 Å². The molecule has 0 bridgehead atoms. The van der Waals surface area contributed by atoms with Crippen LogP contribution in [-0.2, 0) is 20.7 Å². The van der Waals surface area contributed by atoms with Gasteiger partial charge in [-0.1, -0.05) is 0 Å². The minimum Gasteiger partial charge on any atom is -0.481 e. The number of carbonyl (C=O) groups excluding carboxylic acids is 1. The van der Waals surface area contributed by atoms with E-state index in [0.717, 1.165) is 5.76 Å². The minimum atomic E-state index is -0.941. The lowest BCUT2D eigenvalue weighted by atomic mass is 10.0. The second-order valence-corrected chi connectivity index (χ2v) is 4.24. The van der Waals surface area contributed by atoms with Gasteiger partial charge in [0.25, 0.3) is 0 Å². The molecule has 2 atom stereocenters. The van der Waals surface area contributed by atoms with Gasteiger partial charge in [0.2, 0.25) is 5.91 Å². The number of furan rings is 1. The van der Waals surface area contributed by atoms with Crippen LogP contribution in [0.3, 0.4) is 0 Å². The maximum absolute atomic E-state index is 11.7. The number of amides is 1. The van der Waals surface area contributed by atoms with Crippen molar-refractivity contribution in [3.05, 3.63) is 24.2 Å². The fourth-order valence-corrected chi connectivity index (χ4v) is 1.91. The van der Waals surface area contributed by atoms with Crippen molar-refractivity contribution in [1.82, 2.24) is 5.32 Å². The van der Waals surface area contributed by atoms with Crippen LogP contribution in [0.5, 0.6) is 0 Å². The number of rotatable bonds is 5. The molecule has 0 saturated carbocycles. The predicted molar refractivity (Wildman–Crippen MR) is 60.9 cm³/mol. The lowest BCUT2D eigenvalue weighted by molar-refractivity contribution is -0.142. The SMILES string of the molecule is O=C(CCc1ccco1)NC1COCC1C(=O)O. The number of carboxylic acids is 1. The van der Waals surface area contributed by atoms with Crippen LogP contribution < -0.4 is 5.32 Å². The number of carboxylic acid groups (broad SMARTS) is 1. The highest BCUT2D eigenvalue weighted by atomic mass is 16.5. The van der Waals surface area contributed by atoms with Crippen molar-refractivity contribution in [3.8, 4) is 0 Å². The molecule has 1 fully saturated rings. The zero-order chi connectivity index (χ0) is 13.0. The van der Waals surface area contributed by atoms with Crippen LogP contribution in [0.1, 0.15) is 12.2 Å². The number of aliphatic carboxylic acids is 1. The summed E-state index contributed by atoms with van der Waals surface area (Å²) in [4.78, 5) is 22.6. The summed E-state index contributed by atoms with van der Waals surface area (Å²) in [6.45, 7) is 0.405. The second-order valence-electron chi connectivity index (χ2n) is 4.24. The first-order valence-electron chi connectivity index (χ1n) is 5.79. The van der Waals surface area contributed by atoms with Crippen molar-refractivity contribution in [1.29, 1.82) is 0 Å². The third-order valence-electron chi connectivity index (χ3n) is 2.92. The van der Waals surface area contributed by atoms with Gasteiger partial charge in [0.1, 0.15) is 11.7 Å².